The number of rotatable bonds is 27. The Morgan fingerprint density at radius 1 is 0.782 bits per heavy atom. The number of aliphatic carboxylic acids is 1. The summed E-state index contributed by atoms with van der Waals surface area (Å²) < 4.78 is 0. The van der Waals surface area contributed by atoms with Crippen molar-refractivity contribution < 1.29 is 59.1 Å². The monoisotopic (exact) mass is 784 g/mol. The Bertz CT molecular complexity index is 1410. The fourth-order valence-corrected chi connectivity index (χ4v) is 5.12. The number of nitrogens with one attached hydrogen (secondary N) is 5. The fourth-order valence-electron chi connectivity index (χ4n) is 5.12. The minimum Gasteiger partial charge on any atom is -0.481 e. The maximum absolute atomic E-state index is 13.4. The van der Waals surface area contributed by atoms with Crippen molar-refractivity contribution in [3.05, 3.63) is 35.9 Å². The van der Waals surface area contributed by atoms with Crippen LogP contribution in [-0.4, -0.2) is 153 Å². The number of carboxylic acids is 1. The van der Waals surface area contributed by atoms with E-state index in [9.17, 15) is 48.9 Å². The van der Waals surface area contributed by atoms with Gasteiger partial charge in [-0.3, -0.25) is 38.6 Å². The van der Waals surface area contributed by atoms with Gasteiger partial charge in [0.2, 0.25) is 29.5 Å². The van der Waals surface area contributed by atoms with Crippen molar-refractivity contribution in [2.75, 3.05) is 32.9 Å². The number of aliphatic hydroxyl groups excluding tert-OH is 4. The number of unbranched alkanes of at least 4 members (excludes halogenated alkanes) is 1. The molecule has 1 unspecified atom stereocenters. The summed E-state index contributed by atoms with van der Waals surface area (Å²) in [5.41, 5.74) is 17.2. The highest BCUT2D eigenvalue weighted by Crippen LogP contribution is 2.09. The second kappa shape index (κ2) is 25.3. The Balaban J connectivity index is 3.10. The molecule has 0 aromatic heterocycles. The van der Waals surface area contributed by atoms with Crippen LogP contribution in [0.5, 0.6) is 0 Å². The van der Waals surface area contributed by atoms with Gasteiger partial charge >= 0.3 is 5.97 Å². The van der Waals surface area contributed by atoms with Crippen LogP contribution in [0.25, 0.3) is 0 Å². The molecule has 1 aromatic carbocycles. The Kier molecular flexibility index (Phi) is 22.2. The lowest BCUT2D eigenvalue weighted by Crippen LogP contribution is -2.62. The lowest BCUT2D eigenvalue weighted by Gasteiger charge is -2.30. The SMILES string of the molecule is CC(O)[C@H](NC[C@H](CCC(=O)O)NC(=O)[C@@H](N)CO)C(=O)N[C@@H](CO)C(=O)N[C@@H](CCCCN)C(=O)N[C@@H](CO)C(=O)N(N)[C@@H](Cc1ccccc1)C(N)=O. The van der Waals surface area contributed by atoms with E-state index >= 15 is 0 Å². The molecule has 1 rings (SSSR count). The summed E-state index contributed by atoms with van der Waals surface area (Å²) in [6.07, 6.45) is -1.34. The average molecular weight is 785 g/mol. The van der Waals surface area contributed by atoms with E-state index < -0.39 is 110 Å². The third kappa shape index (κ3) is 17.0. The van der Waals surface area contributed by atoms with Crippen molar-refractivity contribution in [2.24, 2.45) is 23.0 Å². The maximum Gasteiger partial charge on any atom is 0.303 e. The highest BCUT2D eigenvalue weighted by Gasteiger charge is 2.35. The first kappa shape index (κ1) is 48.2. The number of hydrogen-bond donors (Lipinski definition) is 14. The van der Waals surface area contributed by atoms with Gasteiger partial charge in [-0.2, -0.15) is 0 Å². The number of benzene rings is 1. The molecule has 0 fully saturated rings. The largest absolute Gasteiger partial charge is 0.481 e. The molecule has 1 aromatic rings. The Hall–Kier alpha value is -4.81. The van der Waals surface area contributed by atoms with E-state index in [1.54, 1.807) is 30.3 Å². The van der Waals surface area contributed by atoms with Crippen LogP contribution in [0.15, 0.2) is 30.3 Å². The van der Waals surface area contributed by atoms with Crippen LogP contribution in [-0.2, 0) is 40.0 Å². The summed E-state index contributed by atoms with van der Waals surface area (Å²) in [5.74, 6) is -1.06. The smallest absolute Gasteiger partial charge is 0.303 e. The first-order chi connectivity index (χ1) is 26.0. The molecule has 6 amide bonds. The van der Waals surface area contributed by atoms with Crippen LogP contribution in [0.4, 0.5) is 0 Å². The summed E-state index contributed by atoms with van der Waals surface area (Å²) in [4.78, 5) is 88.8. The molecule has 22 nitrogen and oxygen atoms in total. The number of hydrazine groups is 1. The highest BCUT2D eigenvalue weighted by molar-refractivity contribution is 5.96. The molecule has 0 aliphatic rings. The van der Waals surface area contributed by atoms with E-state index in [0.717, 1.165) is 0 Å². The van der Waals surface area contributed by atoms with E-state index in [-0.39, 0.29) is 38.8 Å². The van der Waals surface area contributed by atoms with Crippen LogP contribution in [0.2, 0.25) is 0 Å². The van der Waals surface area contributed by atoms with Gasteiger partial charge in [0.05, 0.1) is 25.9 Å². The van der Waals surface area contributed by atoms with Gasteiger partial charge in [-0.05, 0) is 44.7 Å². The minimum absolute atomic E-state index is 0.0429. The summed E-state index contributed by atoms with van der Waals surface area (Å²) >= 11 is 0. The molecule has 310 valence electrons. The molecule has 0 saturated carbocycles. The zero-order valence-corrected chi connectivity index (χ0v) is 30.6. The second-order valence-corrected chi connectivity index (χ2v) is 12.7. The topological polar surface area (TPSA) is 388 Å². The maximum atomic E-state index is 13.4. The van der Waals surface area contributed by atoms with Crippen LogP contribution < -0.4 is 49.6 Å². The first-order valence-corrected chi connectivity index (χ1v) is 17.5. The Labute approximate surface area is 317 Å². The Morgan fingerprint density at radius 2 is 1.36 bits per heavy atom. The van der Waals surface area contributed by atoms with Gasteiger partial charge in [-0.25, -0.2) is 5.84 Å². The number of primary amides is 1. The third-order valence-corrected chi connectivity index (χ3v) is 8.32. The van der Waals surface area contributed by atoms with Gasteiger partial charge in [0, 0.05) is 25.4 Å². The molecule has 8 atom stereocenters. The van der Waals surface area contributed by atoms with Gasteiger partial charge in [-0.15, -0.1) is 0 Å². The lowest BCUT2D eigenvalue weighted by molar-refractivity contribution is -0.144. The summed E-state index contributed by atoms with van der Waals surface area (Å²) in [6.45, 7) is -1.44. The average Bonchev–Trinajstić information content (AvgIpc) is 3.15. The summed E-state index contributed by atoms with van der Waals surface area (Å²) in [7, 11) is 0. The molecule has 0 aliphatic carbocycles. The van der Waals surface area contributed by atoms with E-state index in [1.165, 1.54) is 6.92 Å². The van der Waals surface area contributed by atoms with Crippen LogP contribution in [0.1, 0.15) is 44.6 Å². The molecule has 0 heterocycles. The zero-order valence-electron chi connectivity index (χ0n) is 30.6. The van der Waals surface area contributed by atoms with Crippen LogP contribution in [0, 0.1) is 0 Å². The third-order valence-electron chi connectivity index (χ3n) is 8.32. The summed E-state index contributed by atoms with van der Waals surface area (Å²) in [5, 5.41) is 61.2. The first-order valence-electron chi connectivity index (χ1n) is 17.5. The zero-order chi connectivity index (χ0) is 41.7. The van der Waals surface area contributed by atoms with Crippen molar-refractivity contribution in [3.8, 4) is 0 Å². The minimum atomic E-state index is -1.69. The predicted octanol–water partition coefficient (Wildman–Crippen LogP) is -6.64. The molecule has 0 saturated heterocycles. The van der Waals surface area contributed by atoms with Gasteiger partial charge < -0.3 is 69.3 Å². The van der Waals surface area contributed by atoms with E-state index in [0.29, 0.717) is 23.4 Å². The number of carboxylic acid groups (broad SMARTS) is 1. The molecule has 0 aliphatic heterocycles. The number of carbonyl (C=O) groups excluding carboxylic acids is 6. The number of hydrogen-bond acceptors (Lipinski definition) is 15. The van der Waals surface area contributed by atoms with Crippen molar-refractivity contribution in [1.82, 2.24) is 31.6 Å². The molecule has 0 radical (unpaired) electrons. The van der Waals surface area contributed by atoms with Crippen LogP contribution >= 0.6 is 0 Å². The van der Waals surface area contributed by atoms with E-state index in [4.69, 9.17) is 33.3 Å². The molecule has 0 bridgehead atoms. The van der Waals surface area contributed by atoms with E-state index in [1.807, 2.05) is 0 Å². The number of nitrogens with two attached hydrogens (primary N) is 4. The molecule has 55 heavy (non-hydrogen) atoms. The van der Waals surface area contributed by atoms with Crippen LogP contribution in [0.3, 0.4) is 0 Å². The molecular formula is C33H56N10O12. The molecule has 18 N–H and O–H groups in total. The van der Waals surface area contributed by atoms with Crippen molar-refractivity contribution >= 4 is 41.4 Å². The molecular weight excluding hydrogens is 728 g/mol. The van der Waals surface area contributed by atoms with E-state index in [2.05, 4.69) is 26.6 Å². The Morgan fingerprint density at radius 3 is 1.89 bits per heavy atom. The van der Waals surface area contributed by atoms with Gasteiger partial charge in [-0.1, -0.05) is 30.3 Å². The molecule has 0 spiro atoms. The van der Waals surface area contributed by atoms with Crippen molar-refractivity contribution in [2.45, 2.75) is 93.8 Å². The highest BCUT2D eigenvalue weighted by atomic mass is 16.4. The van der Waals surface area contributed by atoms with Gasteiger partial charge in [0.25, 0.3) is 5.91 Å². The number of carbonyl (C=O) groups is 7. The fraction of sp³-hybridized carbons (Fsp3) is 0.606. The number of amides is 6. The standard InChI is InChI=1S/C33H56N10O12/c1-18(47)27(38-14-20(10-11-26(48)49)39-29(51)21(35)15-44)32(54)41-23(16-45)31(53)40-22(9-5-6-12-34)30(52)42-24(17-46)33(55)43(37)25(28(36)50)13-19-7-3-2-4-8-19/h2-4,7-8,18,20-25,27,38,44-47H,5-6,9-17,34-35,37H2,1H3,(H2,36,50)(H,39,51)(H,40,53)(H,41,54)(H,42,52)(H,48,49)/t18?,20-,21-,22-,23-,24-,25-,27-/m0/s1. The second-order valence-electron chi connectivity index (χ2n) is 12.7. The lowest BCUT2D eigenvalue weighted by atomic mass is 10.0. The number of nitrogens with zero attached hydrogens (tertiary/aromatic N) is 1. The van der Waals surface area contributed by atoms with Gasteiger partial charge in [0.15, 0.2) is 0 Å². The quantitative estimate of drug-likeness (QED) is 0.0171. The predicted molar refractivity (Wildman–Crippen MR) is 194 cm³/mol. The van der Waals surface area contributed by atoms with Crippen molar-refractivity contribution in [3.63, 3.8) is 0 Å². The summed E-state index contributed by atoms with van der Waals surface area (Å²) in [6, 6.07) is -1.33. The molecule has 22 heteroatoms. The van der Waals surface area contributed by atoms with Gasteiger partial charge in [0.1, 0.15) is 36.3 Å². The number of aliphatic hydroxyl groups is 4. The van der Waals surface area contributed by atoms with Crippen molar-refractivity contribution in [1.29, 1.82) is 0 Å². The normalized spacial score (nSPS) is 15.5.